The highest BCUT2D eigenvalue weighted by Crippen LogP contribution is 2.31. The van der Waals surface area contributed by atoms with Crippen LogP contribution in [0.25, 0.3) is 27.8 Å². The molecule has 0 bridgehead atoms. The SMILES string of the molecule is Cc1nc2c(=O)n(-c3ccc(OC(F)F)cc3)c3nc(C(F)(F)F)ccc3c2n1C. The minimum atomic E-state index is -4.72. The maximum Gasteiger partial charge on any atom is 0.433 e. The second kappa shape index (κ2) is 6.78. The third kappa shape index (κ3) is 3.15. The Morgan fingerprint density at radius 3 is 2.30 bits per heavy atom. The topological polar surface area (TPSA) is 61.9 Å². The lowest BCUT2D eigenvalue weighted by Gasteiger charge is -2.14. The van der Waals surface area contributed by atoms with Crippen molar-refractivity contribution in [1.82, 2.24) is 19.1 Å². The number of aromatic nitrogens is 4. The number of alkyl halides is 5. The first kappa shape index (κ1) is 19.8. The third-order valence-electron chi connectivity index (χ3n) is 4.68. The van der Waals surface area contributed by atoms with Gasteiger partial charge in [0.1, 0.15) is 22.9 Å². The zero-order valence-corrected chi connectivity index (χ0v) is 15.5. The van der Waals surface area contributed by atoms with Crippen molar-refractivity contribution in [3.05, 3.63) is 58.3 Å². The molecule has 0 aliphatic heterocycles. The molecule has 0 amide bonds. The number of imidazole rings is 1. The fraction of sp³-hybridized carbons (Fsp3) is 0.211. The Bertz CT molecular complexity index is 1320. The van der Waals surface area contributed by atoms with Gasteiger partial charge in [0.25, 0.3) is 5.56 Å². The van der Waals surface area contributed by atoms with Crippen LogP contribution in [-0.2, 0) is 13.2 Å². The van der Waals surface area contributed by atoms with E-state index in [4.69, 9.17) is 0 Å². The second-order valence-electron chi connectivity index (χ2n) is 6.49. The van der Waals surface area contributed by atoms with Crippen molar-refractivity contribution in [2.45, 2.75) is 19.7 Å². The number of rotatable bonds is 3. The van der Waals surface area contributed by atoms with E-state index in [-0.39, 0.29) is 28.0 Å². The van der Waals surface area contributed by atoms with Gasteiger partial charge in [-0.2, -0.15) is 22.0 Å². The van der Waals surface area contributed by atoms with Crippen molar-refractivity contribution in [1.29, 1.82) is 0 Å². The lowest BCUT2D eigenvalue weighted by Crippen LogP contribution is -2.21. The van der Waals surface area contributed by atoms with E-state index in [2.05, 4.69) is 14.7 Å². The largest absolute Gasteiger partial charge is 0.435 e. The minimum Gasteiger partial charge on any atom is -0.435 e. The predicted molar refractivity (Wildman–Crippen MR) is 98.0 cm³/mol. The van der Waals surface area contributed by atoms with Crippen molar-refractivity contribution in [2.75, 3.05) is 0 Å². The summed E-state index contributed by atoms with van der Waals surface area (Å²) in [6.07, 6.45) is -4.72. The van der Waals surface area contributed by atoms with Gasteiger partial charge in [0.15, 0.2) is 5.52 Å². The molecule has 3 aromatic heterocycles. The maximum atomic E-state index is 13.3. The molecule has 0 spiro atoms. The van der Waals surface area contributed by atoms with Crippen molar-refractivity contribution >= 4 is 22.1 Å². The summed E-state index contributed by atoms with van der Waals surface area (Å²) in [5.74, 6) is 0.325. The molecular formula is C19H13F5N4O2. The van der Waals surface area contributed by atoms with Gasteiger partial charge >= 0.3 is 12.8 Å². The highest BCUT2D eigenvalue weighted by atomic mass is 19.4. The lowest BCUT2D eigenvalue weighted by molar-refractivity contribution is -0.141. The molecule has 0 unspecified atom stereocenters. The molecule has 6 nitrogen and oxygen atoms in total. The van der Waals surface area contributed by atoms with Crippen LogP contribution in [0.2, 0.25) is 0 Å². The van der Waals surface area contributed by atoms with E-state index in [1.165, 1.54) is 30.3 Å². The molecule has 0 atom stereocenters. The fourth-order valence-corrected chi connectivity index (χ4v) is 3.25. The number of pyridine rings is 2. The number of benzene rings is 1. The van der Waals surface area contributed by atoms with Crippen LogP contribution in [0.4, 0.5) is 22.0 Å². The van der Waals surface area contributed by atoms with E-state index in [1.54, 1.807) is 18.5 Å². The van der Waals surface area contributed by atoms with Crippen LogP contribution in [0.5, 0.6) is 5.75 Å². The summed E-state index contributed by atoms with van der Waals surface area (Å²) in [4.78, 5) is 21.1. The van der Waals surface area contributed by atoms with E-state index < -0.39 is 24.0 Å². The first-order valence-electron chi connectivity index (χ1n) is 8.59. The number of nitrogens with zero attached hydrogens (tertiary/aromatic N) is 4. The molecule has 4 rings (SSSR count). The number of ether oxygens (including phenoxy) is 1. The Morgan fingerprint density at radius 1 is 1.03 bits per heavy atom. The highest BCUT2D eigenvalue weighted by molar-refractivity contribution is 6.01. The van der Waals surface area contributed by atoms with Crippen LogP contribution in [0.15, 0.2) is 41.2 Å². The van der Waals surface area contributed by atoms with Crippen LogP contribution < -0.4 is 10.3 Å². The number of halogens is 5. The first-order valence-corrected chi connectivity index (χ1v) is 8.59. The molecule has 1 aromatic carbocycles. The summed E-state index contributed by atoms with van der Waals surface area (Å²) in [7, 11) is 1.64. The molecule has 4 aromatic rings. The summed E-state index contributed by atoms with van der Waals surface area (Å²) in [5, 5.41) is 0.286. The molecule has 0 aliphatic rings. The lowest BCUT2D eigenvalue weighted by atomic mass is 10.2. The van der Waals surface area contributed by atoms with Gasteiger partial charge in [-0.25, -0.2) is 9.97 Å². The van der Waals surface area contributed by atoms with E-state index in [0.717, 1.165) is 10.6 Å². The molecule has 0 fully saturated rings. The maximum absolute atomic E-state index is 13.3. The zero-order valence-electron chi connectivity index (χ0n) is 15.5. The van der Waals surface area contributed by atoms with Gasteiger partial charge in [0, 0.05) is 12.4 Å². The Labute approximate surface area is 165 Å². The van der Waals surface area contributed by atoms with Crippen LogP contribution >= 0.6 is 0 Å². The summed E-state index contributed by atoms with van der Waals surface area (Å²) >= 11 is 0. The van der Waals surface area contributed by atoms with Crippen molar-refractivity contribution in [3.8, 4) is 11.4 Å². The normalized spacial score (nSPS) is 12.3. The number of fused-ring (bicyclic) bond motifs is 3. The Kier molecular flexibility index (Phi) is 4.48. The van der Waals surface area contributed by atoms with Gasteiger partial charge in [0.2, 0.25) is 0 Å². The average molecular weight is 424 g/mol. The van der Waals surface area contributed by atoms with Crippen molar-refractivity contribution < 1.29 is 26.7 Å². The van der Waals surface area contributed by atoms with Gasteiger partial charge < -0.3 is 9.30 Å². The fourth-order valence-electron chi connectivity index (χ4n) is 3.25. The molecule has 0 saturated heterocycles. The summed E-state index contributed by atoms with van der Waals surface area (Å²) in [6, 6.07) is 6.99. The molecule has 3 heterocycles. The molecule has 11 heteroatoms. The van der Waals surface area contributed by atoms with Crippen LogP contribution in [0, 0.1) is 6.92 Å². The van der Waals surface area contributed by atoms with Crippen LogP contribution in [0.1, 0.15) is 11.5 Å². The van der Waals surface area contributed by atoms with E-state index in [9.17, 15) is 26.7 Å². The molecule has 30 heavy (non-hydrogen) atoms. The zero-order chi connectivity index (χ0) is 21.8. The molecular weight excluding hydrogens is 411 g/mol. The van der Waals surface area contributed by atoms with Crippen LogP contribution in [-0.4, -0.2) is 25.7 Å². The van der Waals surface area contributed by atoms with Gasteiger partial charge in [-0.05, 0) is 43.3 Å². The van der Waals surface area contributed by atoms with E-state index in [0.29, 0.717) is 11.3 Å². The summed E-state index contributed by atoms with van der Waals surface area (Å²) in [5.41, 5.74) is -1.55. The molecule has 0 aliphatic carbocycles. The van der Waals surface area contributed by atoms with Crippen LogP contribution in [0.3, 0.4) is 0 Å². The van der Waals surface area contributed by atoms with E-state index in [1.807, 2.05) is 0 Å². The molecule has 0 N–H and O–H groups in total. The predicted octanol–water partition coefficient (Wildman–Crippen LogP) is 4.20. The number of hydrogen-bond acceptors (Lipinski definition) is 4. The Hall–Kier alpha value is -3.50. The monoisotopic (exact) mass is 424 g/mol. The van der Waals surface area contributed by atoms with Gasteiger partial charge in [-0.3, -0.25) is 9.36 Å². The number of hydrogen-bond donors (Lipinski definition) is 0. The highest BCUT2D eigenvalue weighted by Gasteiger charge is 2.33. The molecule has 156 valence electrons. The molecule has 0 radical (unpaired) electrons. The standard InChI is InChI=1S/C19H13F5N4O2/c1-9-25-14-15(27(9)2)12-7-8-13(19(22,23)24)26-16(12)28(17(14)29)10-3-5-11(6-4-10)30-18(20)21/h3-8,18H,1-2H3. The van der Waals surface area contributed by atoms with Gasteiger partial charge in [0.05, 0.1) is 11.2 Å². The average Bonchev–Trinajstić information content (AvgIpc) is 2.97. The smallest absolute Gasteiger partial charge is 0.433 e. The minimum absolute atomic E-state index is 0.0527. The van der Waals surface area contributed by atoms with Crippen molar-refractivity contribution in [3.63, 3.8) is 0 Å². The molecule has 0 saturated carbocycles. The second-order valence-corrected chi connectivity index (χ2v) is 6.49. The Balaban J connectivity index is 2.08. The Morgan fingerprint density at radius 2 is 1.70 bits per heavy atom. The van der Waals surface area contributed by atoms with Gasteiger partial charge in [-0.1, -0.05) is 0 Å². The van der Waals surface area contributed by atoms with Crippen molar-refractivity contribution in [2.24, 2.45) is 7.05 Å². The summed E-state index contributed by atoms with van der Waals surface area (Å²) in [6.45, 7) is -1.38. The number of aryl methyl sites for hydroxylation is 2. The van der Waals surface area contributed by atoms with Gasteiger partial charge in [-0.15, -0.1) is 0 Å². The summed E-state index contributed by atoms with van der Waals surface area (Å²) < 4.78 is 71.4. The third-order valence-corrected chi connectivity index (χ3v) is 4.68. The quantitative estimate of drug-likeness (QED) is 0.463. The first-order chi connectivity index (χ1) is 14.1. The van der Waals surface area contributed by atoms with E-state index >= 15 is 0 Å².